The Hall–Kier alpha value is -2.44. The number of carbonyl (C=O) groups is 1. The summed E-state index contributed by atoms with van der Waals surface area (Å²) in [5.74, 6) is -0.948. The zero-order valence-electron chi connectivity index (χ0n) is 16.7. The van der Waals surface area contributed by atoms with Gasteiger partial charge in [0.25, 0.3) is 0 Å². The van der Waals surface area contributed by atoms with Gasteiger partial charge in [-0.3, -0.25) is 4.79 Å². The molecule has 6 heteroatoms. The van der Waals surface area contributed by atoms with Crippen LogP contribution in [0.5, 0.6) is 0 Å². The molecule has 0 fully saturated rings. The summed E-state index contributed by atoms with van der Waals surface area (Å²) in [7, 11) is -2.65. The second-order valence-corrected chi connectivity index (χ2v) is 8.74. The molecule has 1 unspecified atom stereocenters. The molecular weight excluding hydrogens is 374 g/mol. The molecular formula is C22H27NO4S. The molecule has 2 aromatic rings. The van der Waals surface area contributed by atoms with Gasteiger partial charge in [0.1, 0.15) is 5.54 Å². The maximum absolute atomic E-state index is 13.0. The van der Waals surface area contributed by atoms with Crippen LogP contribution in [0.1, 0.15) is 31.4 Å². The topological polar surface area (TPSA) is 72.5 Å². The summed E-state index contributed by atoms with van der Waals surface area (Å²) in [6.45, 7) is 5.47. The van der Waals surface area contributed by atoms with Crippen LogP contribution in [0.15, 0.2) is 65.6 Å². The number of sulfonamides is 1. The normalized spacial score (nSPS) is 14.2. The van der Waals surface area contributed by atoms with E-state index in [2.05, 4.69) is 4.72 Å². The van der Waals surface area contributed by atoms with Gasteiger partial charge in [-0.2, -0.15) is 4.72 Å². The number of rotatable bonds is 8. The first-order valence-electron chi connectivity index (χ1n) is 9.12. The first-order valence-corrected chi connectivity index (χ1v) is 10.6. The van der Waals surface area contributed by atoms with Crippen LogP contribution in [0.2, 0.25) is 0 Å². The summed E-state index contributed by atoms with van der Waals surface area (Å²) in [4.78, 5) is 12.8. The summed E-state index contributed by atoms with van der Waals surface area (Å²) in [6.07, 6.45) is 3.82. The van der Waals surface area contributed by atoms with E-state index in [1.54, 1.807) is 32.1 Å². The third-order valence-corrected chi connectivity index (χ3v) is 6.26. The highest BCUT2D eigenvalue weighted by Gasteiger charge is 2.45. The monoisotopic (exact) mass is 401 g/mol. The number of benzene rings is 2. The maximum Gasteiger partial charge on any atom is 0.327 e. The van der Waals surface area contributed by atoms with Crippen molar-refractivity contribution in [3.8, 4) is 0 Å². The SMILES string of the molecule is COC(=O)C(C/C=C/c1ccccc1)(NS(=O)(=O)c1ccc(C)cc1)C(C)C. The second-order valence-electron chi connectivity index (χ2n) is 7.05. The van der Waals surface area contributed by atoms with Crippen LogP contribution in [-0.4, -0.2) is 27.0 Å². The fraction of sp³-hybridized carbons (Fsp3) is 0.318. The molecule has 0 aliphatic heterocycles. The quantitative estimate of drug-likeness (QED) is 0.680. The van der Waals surface area contributed by atoms with Crippen molar-refractivity contribution in [2.45, 2.75) is 37.6 Å². The molecule has 0 aromatic heterocycles. The van der Waals surface area contributed by atoms with Crippen molar-refractivity contribution in [2.75, 3.05) is 7.11 Å². The minimum atomic E-state index is -3.91. The van der Waals surface area contributed by atoms with Crippen molar-refractivity contribution in [2.24, 2.45) is 5.92 Å². The maximum atomic E-state index is 13.0. The summed E-state index contributed by atoms with van der Waals surface area (Å²) in [5.41, 5.74) is 0.503. The number of aryl methyl sites for hydroxylation is 1. The molecule has 150 valence electrons. The van der Waals surface area contributed by atoms with Gasteiger partial charge in [0.05, 0.1) is 12.0 Å². The Balaban J connectivity index is 2.39. The van der Waals surface area contributed by atoms with Gasteiger partial charge in [0.15, 0.2) is 0 Å². The Kier molecular flexibility index (Phi) is 7.16. The second kappa shape index (κ2) is 9.17. The van der Waals surface area contributed by atoms with E-state index in [4.69, 9.17) is 4.74 Å². The zero-order chi connectivity index (χ0) is 20.8. The summed E-state index contributed by atoms with van der Waals surface area (Å²) < 4.78 is 33.6. The highest BCUT2D eigenvalue weighted by molar-refractivity contribution is 7.89. The van der Waals surface area contributed by atoms with Crippen molar-refractivity contribution in [1.29, 1.82) is 0 Å². The lowest BCUT2D eigenvalue weighted by Gasteiger charge is -2.34. The summed E-state index contributed by atoms with van der Waals surface area (Å²) in [6, 6.07) is 16.1. The van der Waals surface area contributed by atoms with Gasteiger partial charge >= 0.3 is 5.97 Å². The van der Waals surface area contributed by atoms with Crippen molar-refractivity contribution in [3.63, 3.8) is 0 Å². The van der Waals surface area contributed by atoms with Crippen LogP contribution >= 0.6 is 0 Å². The zero-order valence-corrected chi connectivity index (χ0v) is 17.5. The lowest BCUT2D eigenvalue weighted by atomic mass is 9.84. The molecule has 5 nitrogen and oxygen atoms in total. The van der Waals surface area contributed by atoms with Gasteiger partial charge in [-0.25, -0.2) is 8.42 Å². The van der Waals surface area contributed by atoms with Gasteiger partial charge in [-0.05, 0) is 37.0 Å². The molecule has 0 spiro atoms. The van der Waals surface area contributed by atoms with E-state index in [0.717, 1.165) is 11.1 Å². The number of ether oxygens (including phenoxy) is 1. The average molecular weight is 402 g/mol. The number of hydrogen-bond acceptors (Lipinski definition) is 4. The lowest BCUT2D eigenvalue weighted by Crippen LogP contribution is -2.58. The van der Waals surface area contributed by atoms with E-state index in [1.807, 2.05) is 43.3 Å². The van der Waals surface area contributed by atoms with Gasteiger partial charge in [0, 0.05) is 0 Å². The van der Waals surface area contributed by atoms with Crippen LogP contribution in [-0.2, 0) is 19.6 Å². The number of hydrogen-bond donors (Lipinski definition) is 1. The number of carbonyl (C=O) groups excluding carboxylic acids is 1. The molecule has 0 amide bonds. The van der Waals surface area contributed by atoms with E-state index < -0.39 is 21.5 Å². The number of nitrogens with one attached hydrogen (secondary N) is 1. The molecule has 0 heterocycles. The van der Waals surface area contributed by atoms with Crippen LogP contribution in [0.3, 0.4) is 0 Å². The fourth-order valence-corrected chi connectivity index (χ4v) is 4.39. The first kappa shape index (κ1) is 21.9. The van der Waals surface area contributed by atoms with Crippen LogP contribution in [0.4, 0.5) is 0 Å². The Morgan fingerprint density at radius 2 is 1.71 bits per heavy atom. The van der Waals surface area contributed by atoms with E-state index in [9.17, 15) is 13.2 Å². The third kappa shape index (κ3) is 5.09. The molecule has 1 N–H and O–H groups in total. The number of methoxy groups -OCH3 is 1. The standard InChI is InChI=1S/C22H27NO4S/c1-17(2)22(21(24)27-4,16-8-11-19-9-6-5-7-10-19)23-28(25,26)20-14-12-18(3)13-15-20/h5-15,17,23H,16H2,1-4H3/b11-8+. The predicted octanol–water partition coefficient (Wildman–Crippen LogP) is 3.94. The smallest absolute Gasteiger partial charge is 0.327 e. The van der Waals surface area contributed by atoms with Gasteiger partial charge in [-0.15, -0.1) is 0 Å². The van der Waals surface area contributed by atoms with Crippen molar-refractivity contribution < 1.29 is 17.9 Å². The minimum absolute atomic E-state index is 0.110. The van der Waals surface area contributed by atoms with Crippen molar-refractivity contribution in [1.82, 2.24) is 4.72 Å². The van der Waals surface area contributed by atoms with Gasteiger partial charge < -0.3 is 4.74 Å². The van der Waals surface area contributed by atoms with Crippen molar-refractivity contribution in [3.05, 3.63) is 71.8 Å². The molecule has 28 heavy (non-hydrogen) atoms. The van der Waals surface area contributed by atoms with Crippen LogP contribution < -0.4 is 4.72 Å². The van der Waals surface area contributed by atoms with E-state index in [-0.39, 0.29) is 17.2 Å². The van der Waals surface area contributed by atoms with Crippen molar-refractivity contribution >= 4 is 22.1 Å². The molecule has 0 aliphatic carbocycles. The summed E-state index contributed by atoms with van der Waals surface area (Å²) >= 11 is 0. The molecule has 2 aromatic carbocycles. The molecule has 1 atom stereocenters. The van der Waals surface area contributed by atoms with Gasteiger partial charge in [0.2, 0.25) is 10.0 Å². The van der Waals surface area contributed by atoms with E-state index >= 15 is 0 Å². The largest absolute Gasteiger partial charge is 0.468 e. The van der Waals surface area contributed by atoms with Crippen LogP contribution in [0.25, 0.3) is 6.08 Å². The molecule has 0 radical (unpaired) electrons. The fourth-order valence-electron chi connectivity index (χ4n) is 2.90. The average Bonchev–Trinajstić information content (AvgIpc) is 2.67. The first-order chi connectivity index (χ1) is 13.2. The Labute approximate surface area is 167 Å². The Bertz CT molecular complexity index is 919. The molecule has 0 saturated carbocycles. The molecule has 0 bridgehead atoms. The van der Waals surface area contributed by atoms with E-state index in [0.29, 0.717) is 0 Å². The molecule has 0 saturated heterocycles. The minimum Gasteiger partial charge on any atom is -0.468 e. The molecule has 2 rings (SSSR count). The van der Waals surface area contributed by atoms with Gasteiger partial charge in [-0.1, -0.05) is 74.0 Å². The predicted molar refractivity (Wildman–Crippen MR) is 111 cm³/mol. The number of esters is 1. The molecule has 0 aliphatic rings. The summed E-state index contributed by atoms with van der Waals surface area (Å²) in [5, 5.41) is 0. The lowest BCUT2D eigenvalue weighted by molar-refractivity contribution is -0.149. The van der Waals surface area contributed by atoms with E-state index in [1.165, 1.54) is 19.2 Å². The Morgan fingerprint density at radius 1 is 1.11 bits per heavy atom. The Morgan fingerprint density at radius 3 is 2.25 bits per heavy atom. The highest BCUT2D eigenvalue weighted by atomic mass is 32.2. The third-order valence-electron chi connectivity index (χ3n) is 4.73. The van der Waals surface area contributed by atoms with Crippen LogP contribution in [0, 0.1) is 12.8 Å². The highest BCUT2D eigenvalue weighted by Crippen LogP contribution is 2.27.